The Morgan fingerprint density at radius 2 is 1.71 bits per heavy atom. The van der Waals surface area contributed by atoms with E-state index in [-0.39, 0.29) is 6.04 Å². The first kappa shape index (κ1) is 20.3. The lowest BCUT2D eigenvalue weighted by Crippen LogP contribution is -2.08. The fraction of sp³-hybridized carbons (Fsp3) is 0.125. The van der Waals surface area contributed by atoms with Gasteiger partial charge in [0.2, 0.25) is 0 Å². The molecule has 1 aliphatic rings. The molecule has 154 valence electrons. The molecule has 0 radical (unpaired) electrons. The fourth-order valence-corrected chi connectivity index (χ4v) is 5.08. The molecular formula is C24H18Cl2N4S. The lowest BCUT2D eigenvalue weighted by Gasteiger charge is -2.13. The molecule has 3 aromatic carbocycles. The maximum atomic E-state index is 6.58. The van der Waals surface area contributed by atoms with E-state index < -0.39 is 0 Å². The van der Waals surface area contributed by atoms with Gasteiger partial charge in [-0.25, -0.2) is 0 Å². The van der Waals surface area contributed by atoms with Gasteiger partial charge in [-0.3, -0.25) is 9.56 Å². The maximum absolute atomic E-state index is 6.58. The Bertz CT molecular complexity index is 1250. The predicted molar refractivity (Wildman–Crippen MR) is 129 cm³/mol. The van der Waals surface area contributed by atoms with Gasteiger partial charge in [0.15, 0.2) is 5.82 Å². The molecule has 0 saturated carbocycles. The van der Waals surface area contributed by atoms with E-state index in [1.165, 1.54) is 5.56 Å². The first-order chi connectivity index (χ1) is 15.2. The molecule has 5 rings (SSSR count). The van der Waals surface area contributed by atoms with Crippen LogP contribution in [0.1, 0.15) is 28.6 Å². The summed E-state index contributed by atoms with van der Waals surface area (Å²) in [7, 11) is 0. The molecule has 2 heterocycles. The SMILES string of the molecule is Clc1ccc2c(c1)C(c1ccccc1Cl)=NC(CSCc1ccccc1)c1nncn1-2. The Balaban J connectivity index is 1.58. The number of benzene rings is 3. The van der Waals surface area contributed by atoms with Gasteiger partial charge >= 0.3 is 0 Å². The molecule has 1 unspecified atom stereocenters. The van der Waals surface area contributed by atoms with Crippen LogP contribution in [-0.2, 0) is 5.75 Å². The van der Waals surface area contributed by atoms with Crippen LogP contribution in [0.15, 0.2) is 84.1 Å². The van der Waals surface area contributed by atoms with Crippen molar-refractivity contribution >= 4 is 40.7 Å². The van der Waals surface area contributed by atoms with E-state index in [4.69, 9.17) is 28.2 Å². The maximum Gasteiger partial charge on any atom is 0.163 e. The van der Waals surface area contributed by atoms with Crippen molar-refractivity contribution in [1.82, 2.24) is 14.8 Å². The van der Waals surface area contributed by atoms with Gasteiger partial charge in [0.05, 0.1) is 11.4 Å². The van der Waals surface area contributed by atoms with Crippen LogP contribution < -0.4 is 0 Å². The standard InChI is InChI=1S/C24H18Cl2N4S/c25-17-10-11-22-19(12-17)23(18-8-4-5-9-20(18)26)28-21(24-29-27-15-30(22)24)14-31-13-16-6-2-1-3-7-16/h1-12,15,21H,13-14H2. The minimum absolute atomic E-state index is 0.173. The Labute approximate surface area is 195 Å². The third-order valence-corrected chi connectivity index (χ3v) is 6.80. The molecule has 0 aliphatic carbocycles. The summed E-state index contributed by atoms with van der Waals surface area (Å²) >= 11 is 14.8. The Morgan fingerprint density at radius 3 is 2.55 bits per heavy atom. The topological polar surface area (TPSA) is 43.1 Å². The van der Waals surface area contributed by atoms with Crippen molar-refractivity contribution in [2.75, 3.05) is 5.75 Å². The van der Waals surface area contributed by atoms with Crippen molar-refractivity contribution in [3.63, 3.8) is 0 Å². The largest absolute Gasteiger partial charge is 0.283 e. The summed E-state index contributed by atoms with van der Waals surface area (Å²) in [6, 6.07) is 23.8. The van der Waals surface area contributed by atoms with E-state index in [2.05, 4.69) is 34.5 Å². The first-order valence-electron chi connectivity index (χ1n) is 9.85. The third kappa shape index (κ3) is 4.13. The van der Waals surface area contributed by atoms with Crippen molar-refractivity contribution in [1.29, 1.82) is 0 Å². The van der Waals surface area contributed by atoms with Gasteiger partial charge < -0.3 is 0 Å². The van der Waals surface area contributed by atoms with Crippen LogP contribution in [0.3, 0.4) is 0 Å². The predicted octanol–water partition coefficient (Wildman–Crippen LogP) is 6.40. The summed E-state index contributed by atoms with van der Waals surface area (Å²) in [5.41, 5.74) is 4.84. The molecule has 1 aromatic heterocycles. The molecule has 4 aromatic rings. The normalized spacial score (nSPS) is 15.0. The summed E-state index contributed by atoms with van der Waals surface area (Å²) in [5, 5.41) is 9.89. The Hall–Kier alpha value is -2.60. The molecule has 31 heavy (non-hydrogen) atoms. The van der Waals surface area contributed by atoms with E-state index in [9.17, 15) is 0 Å². The molecule has 4 nitrogen and oxygen atoms in total. The van der Waals surface area contributed by atoms with Gasteiger partial charge in [0, 0.05) is 32.7 Å². The van der Waals surface area contributed by atoms with Crippen LogP contribution in [0.4, 0.5) is 0 Å². The number of thioether (sulfide) groups is 1. The van der Waals surface area contributed by atoms with Gasteiger partial charge in [0.25, 0.3) is 0 Å². The number of nitrogens with zero attached hydrogens (tertiary/aromatic N) is 4. The van der Waals surface area contributed by atoms with Gasteiger partial charge in [-0.05, 0) is 29.8 Å². The molecule has 1 atom stereocenters. The van der Waals surface area contributed by atoms with E-state index >= 15 is 0 Å². The molecule has 7 heteroatoms. The Morgan fingerprint density at radius 1 is 0.903 bits per heavy atom. The molecule has 0 spiro atoms. The number of hydrogen-bond donors (Lipinski definition) is 0. The van der Waals surface area contributed by atoms with Crippen molar-refractivity contribution < 1.29 is 0 Å². The van der Waals surface area contributed by atoms with Crippen LogP contribution in [0, 0.1) is 0 Å². The summed E-state index contributed by atoms with van der Waals surface area (Å²) in [4.78, 5) is 5.16. The fourth-order valence-electron chi connectivity index (χ4n) is 3.69. The molecule has 0 bridgehead atoms. The molecule has 0 amide bonds. The summed E-state index contributed by atoms with van der Waals surface area (Å²) in [5.74, 6) is 2.48. The van der Waals surface area contributed by atoms with E-state index in [1.807, 2.05) is 64.9 Å². The lowest BCUT2D eigenvalue weighted by atomic mass is 10.0. The second-order valence-electron chi connectivity index (χ2n) is 7.19. The number of fused-ring (bicyclic) bond motifs is 3. The lowest BCUT2D eigenvalue weighted by molar-refractivity contribution is 0.733. The molecule has 0 saturated heterocycles. The number of halogens is 2. The van der Waals surface area contributed by atoms with Crippen LogP contribution in [0.5, 0.6) is 0 Å². The number of rotatable bonds is 5. The number of aromatic nitrogens is 3. The van der Waals surface area contributed by atoms with Crippen molar-refractivity contribution in [3.8, 4) is 5.69 Å². The average molecular weight is 465 g/mol. The van der Waals surface area contributed by atoms with Crippen molar-refractivity contribution in [2.24, 2.45) is 4.99 Å². The summed E-state index contributed by atoms with van der Waals surface area (Å²) in [6.07, 6.45) is 1.74. The zero-order chi connectivity index (χ0) is 21.2. The highest BCUT2D eigenvalue weighted by atomic mass is 35.5. The van der Waals surface area contributed by atoms with Crippen molar-refractivity contribution in [3.05, 3.63) is 112 Å². The highest BCUT2D eigenvalue weighted by molar-refractivity contribution is 7.98. The van der Waals surface area contributed by atoms with Crippen LogP contribution >= 0.6 is 35.0 Å². The molecule has 0 N–H and O–H groups in total. The quantitative estimate of drug-likeness (QED) is 0.343. The van der Waals surface area contributed by atoms with E-state index in [1.54, 1.807) is 6.33 Å². The smallest absolute Gasteiger partial charge is 0.163 e. The second kappa shape index (κ2) is 8.87. The zero-order valence-electron chi connectivity index (χ0n) is 16.5. The van der Waals surface area contributed by atoms with E-state index in [0.29, 0.717) is 10.0 Å². The van der Waals surface area contributed by atoms with Crippen molar-refractivity contribution in [2.45, 2.75) is 11.8 Å². The van der Waals surface area contributed by atoms with Gasteiger partial charge in [-0.1, -0.05) is 71.7 Å². The van der Waals surface area contributed by atoms with Gasteiger partial charge in [-0.2, -0.15) is 11.8 Å². The summed E-state index contributed by atoms with van der Waals surface area (Å²) in [6.45, 7) is 0. The molecular weight excluding hydrogens is 447 g/mol. The van der Waals surface area contributed by atoms with Crippen LogP contribution in [-0.4, -0.2) is 26.2 Å². The number of hydrogen-bond acceptors (Lipinski definition) is 4. The number of aliphatic imine (C=N–C) groups is 1. The summed E-state index contributed by atoms with van der Waals surface area (Å²) < 4.78 is 2.01. The monoisotopic (exact) mass is 464 g/mol. The third-order valence-electron chi connectivity index (χ3n) is 5.15. The minimum Gasteiger partial charge on any atom is -0.283 e. The van der Waals surface area contributed by atoms with Gasteiger partial charge in [-0.15, -0.1) is 10.2 Å². The Kier molecular flexibility index (Phi) is 5.81. The highest BCUT2D eigenvalue weighted by Crippen LogP contribution is 2.34. The van der Waals surface area contributed by atoms with E-state index in [0.717, 1.165) is 39.9 Å². The first-order valence-corrected chi connectivity index (χ1v) is 11.8. The molecule has 0 fully saturated rings. The average Bonchev–Trinajstić information content (AvgIpc) is 3.23. The minimum atomic E-state index is -0.173. The van der Waals surface area contributed by atoms with Gasteiger partial charge in [0.1, 0.15) is 12.4 Å². The second-order valence-corrected chi connectivity index (χ2v) is 9.07. The highest BCUT2D eigenvalue weighted by Gasteiger charge is 2.27. The molecule has 1 aliphatic heterocycles. The van der Waals surface area contributed by atoms with Crippen LogP contribution in [0.25, 0.3) is 5.69 Å². The zero-order valence-corrected chi connectivity index (χ0v) is 18.8. The van der Waals surface area contributed by atoms with Crippen LogP contribution in [0.2, 0.25) is 10.0 Å².